The summed E-state index contributed by atoms with van der Waals surface area (Å²) in [6.07, 6.45) is -1.05. The summed E-state index contributed by atoms with van der Waals surface area (Å²) in [4.78, 5) is 37.1. The Morgan fingerprint density at radius 2 is 1.66 bits per heavy atom. The average Bonchev–Trinajstić information content (AvgIpc) is 3.42. The van der Waals surface area contributed by atoms with Crippen LogP contribution in [0.1, 0.15) is 44.2 Å². The summed E-state index contributed by atoms with van der Waals surface area (Å²) in [7, 11) is 0. The maximum atomic E-state index is 13.0. The van der Waals surface area contributed by atoms with E-state index in [1.54, 1.807) is 0 Å². The lowest BCUT2D eigenvalue weighted by atomic mass is 9.86. The molecular formula is C27H32N2O6. The van der Waals surface area contributed by atoms with E-state index in [0.29, 0.717) is 13.0 Å². The number of nitrogens with one attached hydrogen (secondary N) is 2. The van der Waals surface area contributed by atoms with Crippen molar-refractivity contribution in [2.45, 2.75) is 45.3 Å². The van der Waals surface area contributed by atoms with Gasteiger partial charge in [-0.15, -0.1) is 0 Å². The summed E-state index contributed by atoms with van der Waals surface area (Å²) >= 11 is 0. The molecular weight excluding hydrogens is 448 g/mol. The number of aliphatic carboxylic acids is 1. The van der Waals surface area contributed by atoms with E-state index in [1.807, 2.05) is 57.2 Å². The van der Waals surface area contributed by atoms with Gasteiger partial charge >= 0.3 is 12.1 Å². The van der Waals surface area contributed by atoms with Gasteiger partial charge in [-0.25, -0.2) is 9.59 Å². The Labute approximate surface area is 205 Å². The molecule has 0 saturated carbocycles. The highest BCUT2D eigenvalue weighted by Crippen LogP contribution is 2.44. The van der Waals surface area contributed by atoms with Crippen LogP contribution in [-0.4, -0.2) is 55.0 Å². The van der Waals surface area contributed by atoms with Gasteiger partial charge in [-0.2, -0.15) is 0 Å². The molecule has 1 unspecified atom stereocenters. The van der Waals surface area contributed by atoms with Crippen LogP contribution in [0.3, 0.4) is 0 Å². The van der Waals surface area contributed by atoms with Crippen molar-refractivity contribution >= 4 is 18.0 Å². The van der Waals surface area contributed by atoms with E-state index in [2.05, 4.69) is 22.8 Å². The van der Waals surface area contributed by atoms with E-state index in [4.69, 9.17) is 9.47 Å². The Morgan fingerprint density at radius 1 is 1.06 bits per heavy atom. The normalized spacial score (nSPS) is 20.0. The van der Waals surface area contributed by atoms with Gasteiger partial charge in [-0.3, -0.25) is 4.79 Å². The molecule has 35 heavy (non-hydrogen) atoms. The smallest absolute Gasteiger partial charge is 0.407 e. The zero-order chi connectivity index (χ0) is 25.2. The van der Waals surface area contributed by atoms with Crippen molar-refractivity contribution in [3.63, 3.8) is 0 Å². The minimum absolute atomic E-state index is 0.0784. The fourth-order valence-electron chi connectivity index (χ4n) is 4.88. The molecule has 1 aliphatic carbocycles. The predicted molar refractivity (Wildman–Crippen MR) is 130 cm³/mol. The van der Waals surface area contributed by atoms with Crippen LogP contribution in [0.15, 0.2) is 48.5 Å². The number of carbonyl (C=O) groups excluding carboxylic acids is 2. The standard InChI is InChI=1S/C27H32N2O6/c1-27(2,3)23(24(30)28-14-16-12-13-34-22(16)25(31)32)29-26(33)35-15-21-19-10-6-4-8-17(19)18-9-5-7-11-20(18)21/h4-11,16,21-23H,12-15H2,1-3H3,(H,28,30)(H,29,33)(H,31,32)/t16-,22-,23?/m1/s1. The van der Waals surface area contributed by atoms with Crippen LogP contribution >= 0.6 is 0 Å². The quantitative estimate of drug-likeness (QED) is 0.559. The number of alkyl carbamates (subject to hydrolysis) is 1. The van der Waals surface area contributed by atoms with Crippen molar-refractivity contribution in [3.8, 4) is 11.1 Å². The molecule has 1 fully saturated rings. The predicted octanol–water partition coefficient (Wildman–Crippen LogP) is 3.55. The van der Waals surface area contributed by atoms with Crippen molar-refractivity contribution in [3.05, 3.63) is 59.7 Å². The Morgan fingerprint density at radius 3 is 2.23 bits per heavy atom. The number of carbonyl (C=O) groups is 3. The first-order valence-electron chi connectivity index (χ1n) is 11.9. The van der Waals surface area contributed by atoms with Gasteiger partial charge in [0.1, 0.15) is 12.6 Å². The number of fused-ring (bicyclic) bond motifs is 3. The van der Waals surface area contributed by atoms with Crippen LogP contribution in [0.2, 0.25) is 0 Å². The number of carboxylic acid groups (broad SMARTS) is 1. The number of ether oxygens (including phenoxy) is 2. The molecule has 8 nitrogen and oxygen atoms in total. The van der Waals surface area contributed by atoms with Gasteiger partial charge in [0.2, 0.25) is 5.91 Å². The number of rotatable bonds is 7. The number of hydrogen-bond acceptors (Lipinski definition) is 5. The van der Waals surface area contributed by atoms with E-state index in [9.17, 15) is 19.5 Å². The summed E-state index contributed by atoms with van der Waals surface area (Å²) < 4.78 is 10.9. The lowest BCUT2D eigenvalue weighted by Crippen LogP contribution is -2.54. The molecule has 8 heteroatoms. The molecule has 0 radical (unpaired) electrons. The molecule has 0 spiro atoms. The lowest BCUT2D eigenvalue weighted by molar-refractivity contribution is -0.149. The third-order valence-electron chi connectivity index (χ3n) is 6.73. The van der Waals surface area contributed by atoms with Crippen molar-refractivity contribution < 1.29 is 29.0 Å². The molecule has 0 bridgehead atoms. The maximum Gasteiger partial charge on any atom is 0.407 e. The van der Waals surface area contributed by atoms with Crippen molar-refractivity contribution in [1.29, 1.82) is 0 Å². The highest BCUT2D eigenvalue weighted by Gasteiger charge is 2.37. The number of carboxylic acids is 1. The Balaban J connectivity index is 1.38. The monoisotopic (exact) mass is 480 g/mol. The molecule has 1 saturated heterocycles. The minimum Gasteiger partial charge on any atom is -0.479 e. The first-order chi connectivity index (χ1) is 16.7. The van der Waals surface area contributed by atoms with Crippen LogP contribution in [0.5, 0.6) is 0 Å². The highest BCUT2D eigenvalue weighted by molar-refractivity contribution is 5.86. The first kappa shape index (κ1) is 24.7. The summed E-state index contributed by atoms with van der Waals surface area (Å²) in [5, 5.41) is 14.8. The van der Waals surface area contributed by atoms with E-state index < -0.39 is 29.6 Å². The van der Waals surface area contributed by atoms with Crippen molar-refractivity contribution in [2.75, 3.05) is 19.8 Å². The van der Waals surface area contributed by atoms with Gasteiger partial charge in [-0.05, 0) is 34.1 Å². The van der Waals surface area contributed by atoms with Gasteiger partial charge in [0.15, 0.2) is 6.10 Å². The molecule has 1 heterocycles. The largest absolute Gasteiger partial charge is 0.479 e. The fraction of sp³-hybridized carbons (Fsp3) is 0.444. The Kier molecular flexibility index (Phi) is 7.12. The van der Waals surface area contributed by atoms with Crippen molar-refractivity contribution in [2.24, 2.45) is 11.3 Å². The van der Waals surface area contributed by atoms with Crippen LogP contribution in [0.25, 0.3) is 11.1 Å². The molecule has 2 aromatic carbocycles. The van der Waals surface area contributed by atoms with Crippen LogP contribution in [0, 0.1) is 11.3 Å². The number of amides is 2. The summed E-state index contributed by atoms with van der Waals surface area (Å²) in [6, 6.07) is 15.3. The first-order valence-corrected chi connectivity index (χ1v) is 11.9. The fourth-order valence-corrected chi connectivity index (χ4v) is 4.88. The van der Waals surface area contributed by atoms with Gasteiger partial charge in [-0.1, -0.05) is 69.3 Å². The number of benzene rings is 2. The van der Waals surface area contributed by atoms with Gasteiger partial charge < -0.3 is 25.2 Å². The van der Waals surface area contributed by atoms with E-state index in [0.717, 1.165) is 22.3 Å². The zero-order valence-corrected chi connectivity index (χ0v) is 20.2. The van der Waals surface area contributed by atoms with Crippen LogP contribution in [0.4, 0.5) is 4.79 Å². The van der Waals surface area contributed by atoms with Crippen molar-refractivity contribution in [1.82, 2.24) is 10.6 Å². The summed E-state index contributed by atoms with van der Waals surface area (Å²) in [5.41, 5.74) is 3.91. The summed E-state index contributed by atoms with van der Waals surface area (Å²) in [6.45, 7) is 6.20. The topological polar surface area (TPSA) is 114 Å². The van der Waals surface area contributed by atoms with Gasteiger partial charge in [0.05, 0.1) is 0 Å². The molecule has 2 aromatic rings. The second-order valence-electron chi connectivity index (χ2n) is 10.2. The molecule has 2 amide bonds. The van der Waals surface area contributed by atoms with Crippen LogP contribution < -0.4 is 10.6 Å². The van der Waals surface area contributed by atoms with E-state index in [-0.39, 0.29) is 30.9 Å². The highest BCUT2D eigenvalue weighted by atomic mass is 16.5. The molecule has 3 atom stereocenters. The van der Waals surface area contributed by atoms with Crippen LogP contribution in [-0.2, 0) is 19.1 Å². The molecule has 0 aromatic heterocycles. The molecule has 186 valence electrons. The average molecular weight is 481 g/mol. The Hall–Kier alpha value is -3.39. The minimum atomic E-state index is -1.04. The molecule has 1 aliphatic heterocycles. The number of hydrogen-bond donors (Lipinski definition) is 3. The molecule has 4 rings (SSSR count). The second-order valence-corrected chi connectivity index (χ2v) is 10.2. The summed E-state index contributed by atoms with van der Waals surface area (Å²) in [5.74, 6) is -1.81. The molecule has 2 aliphatic rings. The van der Waals surface area contributed by atoms with Gasteiger partial charge in [0, 0.05) is 25.0 Å². The maximum absolute atomic E-state index is 13.0. The lowest BCUT2D eigenvalue weighted by Gasteiger charge is -2.30. The third kappa shape index (κ3) is 5.32. The zero-order valence-electron chi connectivity index (χ0n) is 20.2. The van der Waals surface area contributed by atoms with Gasteiger partial charge in [0.25, 0.3) is 0 Å². The second kappa shape index (κ2) is 10.1. The van der Waals surface area contributed by atoms with E-state index >= 15 is 0 Å². The SMILES string of the molecule is CC(C)(C)C(NC(=O)OCC1c2ccccc2-c2ccccc21)C(=O)NC[C@H]1CCO[C@H]1C(=O)O. The van der Waals surface area contributed by atoms with E-state index in [1.165, 1.54) is 0 Å². The molecule has 3 N–H and O–H groups in total. The third-order valence-corrected chi connectivity index (χ3v) is 6.73. The Bertz CT molecular complexity index is 1060.